The first-order chi connectivity index (χ1) is 15.6. The number of hydrogen-bond acceptors (Lipinski definition) is 6. The van der Waals surface area contributed by atoms with Gasteiger partial charge in [0.25, 0.3) is 11.9 Å². The van der Waals surface area contributed by atoms with Crippen LogP contribution in [-0.4, -0.2) is 56.9 Å². The SMILES string of the molecule is Cc1cnc(-n2ncc(C(=O)N3CCOCC3)c2-c2cccs2)nc1-c1ccc(F)cc1. The van der Waals surface area contributed by atoms with Crippen molar-refractivity contribution in [2.75, 3.05) is 26.3 Å². The Bertz CT molecular complexity index is 1250. The summed E-state index contributed by atoms with van der Waals surface area (Å²) in [5.74, 6) is -0.0489. The number of thiophene rings is 1. The molecule has 0 radical (unpaired) electrons. The first-order valence-corrected chi connectivity index (χ1v) is 11.1. The van der Waals surface area contributed by atoms with Gasteiger partial charge in [0, 0.05) is 24.8 Å². The number of morpholine rings is 1. The Morgan fingerprint density at radius 1 is 1.12 bits per heavy atom. The van der Waals surface area contributed by atoms with Crippen molar-refractivity contribution in [2.45, 2.75) is 6.92 Å². The Hall–Kier alpha value is -3.43. The summed E-state index contributed by atoms with van der Waals surface area (Å²) in [7, 11) is 0. The van der Waals surface area contributed by atoms with Crippen molar-refractivity contribution in [3.8, 4) is 27.8 Å². The van der Waals surface area contributed by atoms with Crippen LogP contribution < -0.4 is 0 Å². The third-order valence-corrected chi connectivity index (χ3v) is 6.20. The molecular formula is C23H20FN5O2S. The highest BCUT2D eigenvalue weighted by Crippen LogP contribution is 2.31. The van der Waals surface area contributed by atoms with E-state index in [-0.39, 0.29) is 11.7 Å². The minimum absolute atomic E-state index is 0.0891. The number of amides is 1. The molecule has 1 aliphatic heterocycles. The van der Waals surface area contributed by atoms with Crippen LogP contribution in [0, 0.1) is 12.7 Å². The van der Waals surface area contributed by atoms with Crippen molar-refractivity contribution < 1.29 is 13.9 Å². The fraction of sp³-hybridized carbons (Fsp3) is 0.217. The summed E-state index contributed by atoms with van der Waals surface area (Å²) in [5.41, 5.74) is 3.48. The van der Waals surface area contributed by atoms with Gasteiger partial charge in [-0.15, -0.1) is 11.3 Å². The van der Waals surface area contributed by atoms with E-state index in [1.807, 2.05) is 24.4 Å². The topological polar surface area (TPSA) is 73.1 Å². The molecule has 5 rings (SSSR count). The quantitative estimate of drug-likeness (QED) is 0.471. The normalized spacial score (nSPS) is 14.0. The number of aromatic nitrogens is 4. The number of carbonyl (C=O) groups excluding carboxylic acids is 1. The Kier molecular flexibility index (Phi) is 5.50. The van der Waals surface area contributed by atoms with Gasteiger partial charge in [0.2, 0.25) is 0 Å². The molecule has 0 unspecified atom stereocenters. The molecule has 0 atom stereocenters. The number of benzene rings is 1. The number of ether oxygens (including phenoxy) is 1. The molecule has 1 aliphatic rings. The second-order valence-electron chi connectivity index (χ2n) is 7.41. The number of aryl methyl sites for hydroxylation is 1. The predicted molar refractivity (Wildman–Crippen MR) is 119 cm³/mol. The fourth-order valence-corrected chi connectivity index (χ4v) is 4.45. The molecule has 3 aromatic heterocycles. The van der Waals surface area contributed by atoms with Gasteiger partial charge in [-0.3, -0.25) is 4.79 Å². The number of halogens is 1. The van der Waals surface area contributed by atoms with Gasteiger partial charge in [0.1, 0.15) is 11.5 Å². The van der Waals surface area contributed by atoms with E-state index in [0.717, 1.165) is 16.0 Å². The average Bonchev–Trinajstić information content (AvgIpc) is 3.50. The van der Waals surface area contributed by atoms with Crippen molar-refractivity contribution >= 4 is 17.2 Å². The summed E-state index contributed by atoms with van der Waals surface area (Å²) in [4.78, 5) is 25.2. The van der Waals surface area contributed by atoms with Crippen molar-refractivity contribution in [1.82, 2.24) is 24.6 Å². The molecule has 1 amide bonds. The molecule has 162 valence electrons. The zero-order valence-corrected chi connectivity index (χ0v) is 18.2. The molecule has 32 heavy (non-hydrogen) atoms. The molecule has 0 aliphatic carbocycles. The molecule has 0 saturated carbocycles. The van der Waals surface area contributed by atoms with E-state index in [1.54, 1.807) is 34.1 Å². The van der Waals surface area contributed by atoms with Crippen LogP contribution in [0.2, 0.25) is 0 Å². The molecule has 7 nitrogen and oxygen atoms in total. The van der Waals surface area contributed by atoms with Crippen molar-refractivity contribution in [1.29, 1.82) is 0 Å². The zero-order valence-electron chi connectivity index (χ0n) is 17.4. The standard InChI is InChI=1S/C23H20FN5O2S/c1-15-13-25-23(27-20(15)16-4-6-17(24)7-5-16)29-21(19-3-2-12-32-19)18(14-26-29)22(30)28-8-10-31-11-9-28/h2-7,12-14H,8-11H2,1H3. The van der Waals surface area contributed by atoms with E-state index < -0.39 is 0 Å². The predicted octanol–water partition coefficient (Wildman–Crippen LogP) is 3.98. The number of carbonyl (C=O) groups is 1. The van der Waals surface area contributed by atoms with E-state index in [9.17, 15) is 9.18 Å². The van der Waals surface area contributed by atoms with Gasteiger partial charge in [-0.1, -0.05) is 6.07 Å². The smallest absolute Gasteiger partial charge is 0.257 e. The average molecular weight is 450 g/mol. The monoisotopic (exact) mass is 449 g/mol. The highest BCUT2D eigenvalue weighted by atomic mass is 32.1. The molecule has 0 spiro atoms. The molecule has 0 bridgehead atoms. The number of rotatable bonds is 4. The lowest BCUT2D eigenvalue weighted by molar-refractivity contribution is 0.0303. The Labute approximate surface area is 188 Å². The summed E-state index contributed by atoms with van der Waals surface area (Å²) in [6.45, 7) is 4.04. The summed E-state index contributed by atoms with van der Waals surface area (Å²) in [6.07, 6.45) is 3.29. The molecule has 1 fully saturated rings. The summed E-state index contributed by atoms with van der Waals surface area (Å²) >= 11 is 1.52. The maximum absolute atomic E-state index is 13.4. The number of nitrogens with zero attached hydrogens (tertiary/aromatic N) is 5. The second-order valence-corrected chi connectivity index (χ2v) is 8.36. The van der Waals surface area contributed by atoms with Gasteiger partial charge in [-0.05, 0) is 48.2 Å². The highest BCUT2D eigenvalue weighted by Gasteiger charge is 2.27. The van der Waals surface area contributed by atoms with Crippen LogP contribution in [0.25, 0.3) is 27.8 Å². The first-order valence-electron chi connectivity index (χ1n) is 10.2. The fourth-order valence-electron chi connectivity index (χ4n) is 3.68. The van der Waals surface area contributed by atoms with Gasteiger partial charge in [0.15, 0.2) is 0 Å². The van der Waals surface area contributed by atoms with E-state index in [1.165, 1.54) is 23.5 Å². The van der Waals surface area contributed by atoms with Gasteiger partial charge >= 0.3 is 0 Å². The van der Waals surface area contributed by atoms with E-state index in [4.69, 9.17) is 9.72 Å². The molecule has 9 heteroatoms. The summed E-state index contributed by atoms with van der Waals surface area (Å²) in [6, 6.07) is 10.1. The minimum Gasteiger partial charge on any atom is -0.378 e. The van der Waals surface area contributed by atoms with Gasteiger partial charge in [-0.25, -0.2) is 14.4 Å². The van der Waals surface area contributed by atoms with Crippen LogP contribution in [0.1, 0.15) is 15.9 Å². The van der Waals surface area contributed by atoms with E-state index in [2.05, 4.69) is 10.1 Å². The third-order valence-electron chi connectivity index (χ3n) is 5.32. The molecule has 1 aromatic carbocycles. The van der Waals surface area contributed by atoms with E-state index >= 15 is 0 Å². The highest BCUT2D eigenvalue weighted by molar-refractivity contribution is 7.13. The van der Waals surface area contributed by atoms with Crippen LogP contribution in [0.3, 0.4) is 0 Å². The molecule has 4 aromatic rings. The van der Waals surface area contributed by atoms with Gasteiger partial charge < -0.3 is 9.64 Å². The maximum Gasteiger partial charge on any atom is 0.257 e. The largest absolute Gasteiger partial charge is 0.378 e. The summed E-state index contributed by atoms with van der Waals surface area (Å²) < 4.78 is 20.4. The lowest BCUT2D eigenvalue weighted by Crippen LogP contribution is -2.40. The summed E-state index contributed by atoms with van der Waals surface area (Å²) in [5, 5.41) is 6.45. The molecule has 4 heterocycles. The molecule has 1 saturated heterocycles. The second kappa shape index (κ2) is 8.60. The number of hydrogen-bond donors (Lipinski definition) is 0. The lowest BCUT2D eigenvalue weighted by Gasteiger charge is -2.26. The van der Waals surface area contributed by atoms with Crippen LogP contribution in [-0.2, 0) is 4.74 Å². The first kappa shape index (κ1) is 20.5. The van der Waals surface area contributed by atoms with Crippen molar-refractivity contribution in [2.24, 2.45) is 0 Å². The molecule has 0 N–H and O–H groups in total. The lowest BCUT2D eigenvalue weighted by atomic mass is 10.1. The van der Waals surface area contributed by atoms with Gasteiger partial charge in [0.05, 0.1) is 35.5 Å². The van der Waals surface area contributed by atoms with Crippen LogP contribution in [0.15, 0.2) is 54.2 Å². The maximum atomic E-state index is 13.4. The van der Waals surface area contributed by atoms with Crippen LogP contribution >= 0.6 is 11.3 Å². The Balaban J connectivity index is 1.61. The van der Waals surface area contributed by atoms with E-state index in [0.29, 0.717) is 49.2 Å². The van der Waals surface area contributed by atoms with Crippen LogP contribution in [0.4, 0.5) is 4.39 Å². The Morgan fingerprint density at radius 2 is 1.91 bits per heavy atom. The third kappa shape index (κ3) is 3.80. The van der Waals surface area contributed by atoms with Crippen LogP contribution in [0.5, 0.6) is 0 Å². The van der Waals surface area contributed by atoms with Gasteiger partial charge in [-0.2, -0.15) is 9.78 Å². The molecular weight excluding hydrogens is 429 g/mol. The zero-order chi connectivity index (χ0) is 22.1. The van der Waals surface area contributed by atoms with Crippen molar-refractivity contribution in [3.05, 3.63) is 71.1 Å². The van der Waals surface area contributed by atoms with Crippen molar-refractivity contribution in [3.63, 3.8) is 0 Å². The Morgan fingerprint density at radius 3 is 2.62 bits per heavy atom. The minimum atomic E-state index is -0.306.